The van der Waals surface area contributed by atoms with Gasteiger partial charge in [-0.05, 0) is 50.8 Å². The number of anilines is 2. The lowest BCUT2D eigenvalue weighted by Gasteiger charge is -2.11. The number of amides is 1. The third-order valence-corrected chi connectivity index (χ3v) is 3.26. The minimum atomic E-state index is -0.193. The molecule has 0 saturated carbocycles. The lowest BCUT2D eigenvalue weighted by molar-refractivity contribution is 0.102. The van der Waals surface area contributed by atoms with Gasteiger partial charge in [0.2, 0.25) is 0 Å². The van der Waals surface area contributed by atoms with Gasteiger partial charge in [0.1, 0.15) is 5.75 Å². The molecule has 0 fully saturated rings. The minimum Gasteiger partial charge on any atom is -0.493 e. The second-order valence-electron chi connectivity index (χ2n) is 5.61. The van der Waals surface area contributed by atoms with E-state index in [1.165, 1.54) is 0 Å². The lowest BCUT2D eigenvalue weighted by Crippen LogP contribution is -2.15. The first-order valence-electron chi connectivity index (χ1n) is 7.59. The fourth-order valence-electron chi connectivity index (χ4n) is 2.12. The zero-order chi connectivity index (χ0) is 16.7. The topological polar surface area (TPSA) is 67.6 Å². The molecule has 5 heteroatoms. The van der Waals surface area contributed by atoms with Gasteiger partial charge in [0.05, 0.1) is 6.61 Å². The van der Waals surface area contributed by atoms with Crippen LogP contribution >= 0.6 is 0 Å². The molecule has 0 aliphatic rings. The number of hydrogen-bond donors (Lipinski definition) is 2. The average Bonchev–Trinajstić information content (AvgIpc) is 2.52. The summed E-state index contributed by atoms with van der Waals surface area (Å²) < 4.78 is 5.71. The fourth-order valence-corrected chi connectivity index (χ4v) is 2.12. The zero-order valence-electron chi connectivity index (χ0n) is 13.6. The van der Waals surface area contributed by atoms with Crippen LogP contribution < -0.4 is 15.8 Å². The van der Waals surface area contributed by atoms with E-state index >= 15 is 0 Å². The van der Waals surface area contributed by atoms with E-state index in [1.807, 2.05) is 38.4 Å². The predicted octanol–water partition coefficient (Wildman–Crippen LogP) is 2.85. The smallest absolute Gasteiger partial charge is 0.255 e. The normalized spacial score (nSPS) is 10.6. The molecule has 2 aromatic rings. The number of nitrogen functional groups attached to an aromatic ring is 1. The van der Waals surface area contributed by atoms with Crippen molar-refractivity contribution in [2.45, 2.75) is 6.42 Å². The van der Waals surface area contributed by atoms with Gasteiger partial charge < -0.3 is 20.7 Å². The molecule has 0 atom stereocenters. The van der Waals surface area contributed by atoms with Gasteiger partial charge in [-0.1, -0.05) is 12.1 Å². The van der Waals surface area contributed by atoms with Gasteiger partial charge in [-0.2, -0.15) is 0 Å². The van der Waals surface area contributed by atoms with E-state index in [2.05, 4.69) is 10.2 Å². The maximum Gasteiger partial charge on any atom is 0.255 e. The Labute approximate surface area is 137 Å². The molecule has 0 unspecified atom stereocenters. The summed E-state index contributed by atoms with van der Waals surface area (Å²) in [6, 6.07) is 14.3. The van der Waals surface area contributed by atoms with Gasteiger partial charge in [-0.15, -0.1) is 0 Å². The third-order valence-electron chi connectivity index (χ3n) is 3.26. The number of hydrogen-bond acceptors (Lipinski definition) is 4. The third kappa shape index (κ3) is 5.64. The van der Waals surface area contributed by atoms with E-state index in [4.69, 9.17) is 10.5 Å². The highest BCUT2D eigenvalue weighted by atomic mass is 16.5. The molecule has 5 nitrogen and oxygen atoms in total. The van der Waals surface area contributed by atoms with E-state index in [0.717, 1.165) is 18.7 Å². The van der Waals surface area contributed by atoms with Crippen molar-refractivity contribution in [3.05, 3.63) is 54.1 Å². The summed E-state index contributed by atoms with van der Waals surface area (Å²) in [4.78, 5) is 14.3. The second kappa shape index (κ2) is 8.19. The monoisotopic (exact) mass is 313 g/mol. The van der Waals surface area contributed by atoms with Crippen molar-refractivity contribution in [1.82, 2.24) is 4.90 Å². The summed E-state index contributed by atoms with van der Waals surface area (Å²) in [6.07, 6.45) is 0.951. The highest BCUT2D eigenvalue weighted by Gasteiger charge is 2.07. The Morgan fingerprint density at radius 3 is 2.70 bits per heavy atom. The molecular weight excluding hydrogens is 290 g/mol. The average molecular weight is 313 g/mol. The Morgan fingerprint density at radius 2 is 1.96 bits per heavy atom. The number of nitrogens with zero attached hydrogens (tertiary/aromatic N) is 1. The summed E-state index contributed by atoms with van der Waals surface area (Å²) >= 11 is 0. The molecule has 0 aliphatic carbocycles. The summed E-state index contributed by atoms with van der Waals surface area (Å²) in [5.41, 5.74) is 7.49. The van der Waals surface area contributed by atoms with Gasteiger partial charge in [0.15, 0.2) is 0 Å². The van der Waals surface area contributed by atoms with Crippen molar-refractivity contribution in [3.63, 3.8) is 0 Å². The number of benzene rings is 2. The second-order valence-corrected chi connectivity index (χ2v) is 5.61. The van der Waals surface area contributed by atoms with Gasteiger partial charge in [0.25, 0.3) is 5.91 Å². The number of nitrogens with one attached hydrogen (secondary N) is 1. The molecule has 122 valence electrons. The van der Waals surface area contributed by atoms with Crippen LogP contribution in [0.3, 0.4) is 0 Å². The molecule has 0 aliphatic heterocycles. The van der Waals surface area contributed by atoms with Crippen molar-refractivity contribution in [3.8, 4) is 5.75 Å². The highest BCUT2D eigenvalue weighted by Crippen LogP contribution is 2.18. The van der Waals surface area contributed by atoms with E-state index < -0.39 is 0 Å². The van der Waals surface area contributed by atoms with Crippen LogP contribution in [0.5, 0.6) is 5.75 Å². The maximum absolute atomic E-state index is 12.2. The van der Waals surface area contributed by atoms with E-state index in [0.29, 0.717) is 23.5 Å². The highest BCUT2D eigenvalue weighted by molar-refractivity contribution is 6.04. The molecule has 0 bridgehead atoms. The quantitative estimate of drug-likeness (QED) is 0.609. The molecule has 0 spiro atoms. The standard InChI is InChI=1S/C18H23N3O2/c1-21(2)10-5-11-23-17-9-4-8-16(13-17)20-18(22)14-6-3-7-15(19)12-14/h3-4,6-9,12-13H,5,10-11,19H2,1-2H3,(H,20,22). The van der Waals surface area contributed by atoms with Crippen LogP contribution in [0, 0.1) is 0 Å². The van der Waals surface area contributed by atoms with Crippen molar-refractivity contribution in [1.29, 1.82) is 0 Å². The molecule has 23 heavy (non-hydrogen) atoms. The van der Waals surface area contributed by atoms with Crippen LogP contribution in [0.1, 0.15) is 16.8 Å². The SMILES string of the molecule is CN(C)CCCOc1cccc(NC(=O)c2cccc(N)c2)c1. The van der Waals surface area contributed by atoms with Crippen LogP contribution in [0.25, 0.3) is 0 Å². The summed E-state index contributed by atoms with van der Waals surface area (Å²) in [7, 11) is 4.07. The van der Waals surface area contributed by atoms with Crippen molar-refractivity contribution >= 4 is 17.3 Å². The molecule has 2 rings (SSSR count). The Balaban J connectivity index is 1.93. The van der Waals surface area contributed by atoms with E-state index in [9.17, 15) is 4.79 Å². The molecule has 0 saturated heterocycles. The summed E-state index contributed by atoms with van der Waals surface area (Å²) in [5.74, 6) is 0.552. The molecule has 3 N–H and O–H groups in total. The van der Waals surface area contributed by atoms with Crippen LogP contribution in [0.4, 0.5) is 11.4 Å². The molecule has 1 amide bonds. The van der Waals surface area contributed by atoms with E-state index in [-0.39, 0.29) is 5.91 Å². The number of rotatable bonds is 7. The molecule has 0 aromatic heterocycles. The van der Waals surface area contributed by atoms with Gasteiger partial charge in [0, 0.05) is 29.5 Å². The number of nitrogens with two attached hydrogens (primary N) is 1. The van der Waals surface area contributed by atoms with Crippen molar-refractivity contribution < 1.29 is 9.53 Å². The molecule has 2 aromatic carbocycles. The number of ether oxygens (including phenoxy) is 1. The van der Waals surface area contributed by atoms with Crippen molar-refractivity contribution in [2.24, 2.45) is 0 Å². The first-order chi connectivity index (χ1) is 11.0. The maximum atomic E-state index is 12.2. The Morgan fingerprint density at radius 1 is 1.17 bits per heavy atom. The minimum absolute atomic E-state index is 0.193. The largest absolute Gasteiger partial charge is 0.493 e. The molecular formula is C18H23N3O2. The van der Waals surface area contributed by atoms with Crippen LogP contribution in [-0.4, -0.2) is 38.1 Å². The van der Waals surface area contributed by atoms with Crippen LogP contribution in [-0.2, 0) is 0 Å². The van der Waals surface area contributed by atoms with Crippen LogP contribution in [0.15, 0.2) is 48.5 Å². The Bertz CT molecular complexity index is 656. The lowest BCUT2D eigenvalue weighted by atomic mass is 10.2. The van der Waals surface area contributed by atoms with Gasteiger partial charge in [-0.3, -0.25) is 4.79 Å². The Hall–Kier alpha value is -2.53. The molecule has 0 radical (unpaired) electrons. The van der Waals surface area contributed by atoms with E-state index in [1.54, 1.807) is 24.3 Å². The van der Waals surface area contributed by atoms with Gasteiger partial charge in [-0.25, -0.2) is 0 Å². The fraction of sp³-hybridized carbons (Fsp3) is 0.278. The Kier molecular flexibility index (Phi) is 6.00. The first-order valence-corrected chi connectivity index (χ1v) is 7.59. The first kappa shape index (κ1) is 16.8. The summed E-state index contributed by atoms with van der Waals surface area (Å²) in [6.45, 7) is 1.62. The zero-order valence-corrected chi connectivity index (χ0v) is 13.6. The van der Waals surface area contributed by atoms with Gasteiger partial charge >= 0.3 is 0 Å². The predicted molar refractivity (Wildman–Crippen MR) is 93.9 cm³/mol. The molecule has 0 heterocycles. The van der Waals surface area contributed by atoms with Crippen molar-refractivity contribution in [2.75, 3.05) is 38.3 Å². The number of carbonyl (C=O) groups is 1. The number of carbonyl (C=O) groups excluding carboxylic acids is 1. The summed E-state index contributed by atoms with van der Waals surface area (Å²) in [5, 5.41) is 2.85. The van der Waals surface area contributed by atoms with Crippen LogP contribution in [0.2, 0.25) is 0 Å².